The Morgan fingerprint density at radius 2 is 1.76 bits per heavy atom. The number of benzene rings is 2. The van der Waals surface area contributed by atoms with Crippen molar-refractivity contribution in [3.63, 3.8) is 0 Å². The number of methoxy groups -OCH3 is 1. The third-order valence-electron chi connectivity index (χ3n) is 5.24. The Morgan fingerprint density at radius 3 is 2.35 bits per heavy atom. The van der Waals surface area contributed by atoms with Gasteiger partial charge in [0, 0.05) is 18.0 Å². The van der Waals surface area contributed by atoms with E-state index in [2.05, 4.69) is 9.98 Å². The summed E-state index contributed by atoms with van der Waals surface area (Å²) in [6, 6.07) is 17.3. The number of nitrogens with zero attached hydrogens (tertiary/aromatic N) is 3. The van der Waals surface area contributed by atoms with E-state index in [0.29, 0.717) is 16.9 Å². The van der Waals surface area contributed by atoms with Gasteiger partial charge in [-0.05, 0) is 29.8 Å². The lowest BCUT2D eigenvalue weighted by Gasteiger charge is -2.29. The van der Waals surface area contributed by atoms with Crippen molar-refractivity contribution in [1.29, 1.82) is 0 Å². The number of carbonyl (C=O) groups is 2. The van der Waals surface area contributed by atoms with Crippen molar-refractivity contribution in [1.82, 2.24) is 15.2 Å². The van der Waals surface area contributed by atoms with E-state index in [0.717, 1.165) is 11.1 Å². The third kappa shape index (κ3) is 4.21. The monoisotopic (exact) mass is 468 g/mol. The number of amides is 2. The zero-order chi connectivity index (χ0) is 24.3. The summed E-state index contributed by atoms with van der Waals surface area (Å²) in [5.41, 5.74) is -2.78. The summed E-state index contributed by atoms with van der Waals surface area (Å²) in [6.07, 6.45) is -2.73. The van der Waals surface area contributed by atoms with Crippen LogP contribution >= 0.6 is 0 Å². The number of ether oxygens (including phenoxy) is 1. The number of nitrogens with one attached hydrogen (secondary N) is 1. The summed E-state index contributed by atoms with van der Waals surface area (Å²) in [4.78, 5) is 34.5. The number of carbonyl (C=O) groups excluding carboxylic acids is 2. The van der Waals surface area contributed by atoms with Crippen LogP contribution in [0.4, 0.5) is 13.2 Å². The molecule has 4 rings (SSSR count). The summed E-state index contributed by atoms with van der Waals surface area (Å²) in [5, 5.41) is 1.83. The molecule has 0 saturated carbocycles. The minimum atomic E-state index is -5.21. The van der Waals surface area contributed by atoms with E-state index in [9.17, 15) is 22.8 Å². The SMILES string of the molecule is COc1ccc(CN2C(=O)[C@](NC(=O)c3cccnc3)(C(F)(F)F)N=C2c2ccccc2)cc1. The van der Waals surface area contributed by atoms with Crippen molar-refractivity contribution in [2.45, 2.75) is 18.4 Å². The highest BCUT2D eigenvalue weighted by atomic mass is 19.4. The molecule has 1 aromatic heterocycles. The molecule has 2 heterocycles. The number of hydrogen-bond donors (Lipinski definition) is 1. The van der Waals surface area contributed by atoms with Crippen molar-refractivity contribution in [2.75, 3.05) is 7.11 Å². The van der Waals surface area contributed by atoms with Crippen LogP contribution in [0.15, 0.2) is 84.1 Å². The average molecular weight is 468 g/mol. The number of pyridine rings is 1. The molecule has 1 aliphatic rings. The first-order chi connectivity index (χ1) is 16.2. The molecule has 2 aromatic carbocycles. The molecule has 0 fully saturated rings. The molecule has 1 atom stereocenters. The van der Waals surface area contributed by atoms with Gasteiger partial charge in [-0.15, -0.1) is 0 Å². The minimum absolute atomic E-state index is 0.135. The summed E-state index contributed by atoms with van der Waals surface area (Å²) in [5.74, 6) is -2.18. The van der Waals surface area contributed by atoms with Gasteiger partial charge < -0.3 is 10.1 Å². The third-order valence-corrected chi connectivity index (χ3v) is 5.24. The van der Waals surface area contributed by atoms with Crippen molar-refractivity contribution >= 4 is 17.6 Å². The van der Waals surface area contributed by atoms with Crippen LogP contribution in [0, 0.1) is 0 Å². The second kappa shape index (κ2) is 8.97. The van der Waals surface area contributed by atoms with Gasteiger partial charge >= 0.3 is 11.8 Å². The Hall–Kier alpha value is -4.21. The first-order valence-corrected chi connectivity index (χ1v) is 10.1. The van der Waals surface area contributed by atoms with E-state index in [1.54, 1.807) is 54.6 Å². The molecule has 34 heavy (non-hydrogen) atoms. The van der Waals surface area contributed by atoms with E-state index in [1.165, 1.54) is 25.4 Å². The van der Waals surface area contributed by atoms with Crippen LogP contribution in [0.25, 0.3) is 0 Å². The molecule has 10 heteroatoms. The van der Waals surface area contributed by atoms with Crippen LogP contribution < -0.4 is 10.1 Å². The largest absolute Gasteiger partial charge is 0.497 e. The molecule has 0 spiro atoms. The molecule has 1 N–H and O–H groups in total. The number of aliphatic imine (C=N–C) groups is 1. The van der Waals surface area contributed by atoms with E-state index in [1.807, 2.05) is 5.32 Å². The fourth-order valence-corrected chi connectivity index (χ4v) is 3.50. The highest BCUT2D eigenvalue weighted by Crippen LogP contribution is 2.39. The molecule has 0 aliphatic carbocycles. The first kappa shape index (κ1) is 23.0. The van der Waals surface area contributed by atoms with E-state index in [-0.39, 0.29) is 17.9 Å². The molecule has 174 valence electrons. The van der Waals surface area contributed by atoms with Gasteiger partial charge in [0.25, 0.3) is 11.8 Å². The van der Waals surface area contributed by atoms with Crippen LogP contribution in [0.2, 0.25) is 0 Å². The average Bonchev–Trinajstić information content (AvgIpc) is 3.13. The molecule has 3 aromatic rings. The maximum absolute atomic E-state index is 14.4. The van der Waals surface area contributed by atoms with Crippen molar-refractivity contribution in [2.24, 2.45) is 4.99 Å². The smallest absolute Gasteiger partial charge is 0.442 e. The molecular formula is C24H19F3N4O3. The lowest BCUT2D eigenvalue weighted by atomic mass is 10.1. The quantitative estimate of drug-likeness (QED) is 0.600. The summed E-state index contributed by atoms with van der Waals surface area (Å²) < 4.78 is 48.4. The van der Waals surface area contributed by atoms with Gasteiger partial charge in [-0.3, -0.25) is 19.5 Å². The first-order valence-electron chi connectivity index (χ1n) is 10.1. The summed E-state index contributed by atoms with van der Waals surface area (Å²) >= 11 is 0. The predicted molar refractivity (Wildman–Crippen MR) is 117 cm³/mol. The second-order valence-electron chi connectivity index (χ2n) is 7.44. The van der Waals surface area contributed by atoms with Crippen LogP contribution in [0.5, 0.6) is 5.75 Å². The van der Waals surface area contributed by atoms with E-state index >= 15 is 0 Å². The fraction of sp³-hybridized carbons (Fsp3) is 0.167. The number of aromatic nitrogens is 1. The van der Waals surface area contributed by atoms with Gasteiger partial charge in [-0.1, -0.05) is 42.5 Å². The van der Waals surface area contributed by atoms with Crippen molar-refractivity contribution in [3.05, 3.63) is 95.8 Å². The minimum Gasteiger partial charge on any atom is -0.497 e. The fourth-order valence-electron chi connectivity index (χ4n) is 3.50. The van der Waals surface area contributed by atoms with Crippen LogP contribution in [0.3, 0.4) is 0 Å². The van der Waals surface area contributed by atoms with Crippen LogP contribution in [-0.2, 0) is 11.3 Å². The highest BCUT2D eigenvalue weighted by Gasteiger charge is 2.67. The Kier molecular flexibility index (Phi) is 6.06. The lowest BCUT2D eigenvalue weighted by molar-refractivity contribution is -0.196. The van der Waals surface area contributed by atoms with Crippen LogP contribution in [0.1, 0.15) is 21.5 Å². The Morgan fingerprint density at radius 1 is 1.06 bits per heavy atom. The molecule has 0 unspecified atom stereocenters. The molecule has 1 aliphatic heterocycles. The number of halogens is 3. The molecule has 0 bridgehead atoms. The standard InChI is InChI=1S/C24H19F3N4O3/c1-34-19-11-9-16(10-12-19)15-31-20(17-6-3-2-4-7-17)29-23(22(31)33,24(25,26)27)30-21(32)18-8-5-13-28-14-18/h2-14H,15H2,1H3,(H,30,32)/t23-/m0/s1. The second-order valence-corrected chi connectivity index (χ2v) is 7.44. The highest BCUT2D eigenvalue weighted by molar-refractivity contribution is 6.16. The maximum Gasteiger partial charge on any atom is 0.442 e. The normalized spacial score (nSPS) is 17.9. The van der Waals surface area contributed by atoms with Gasteiger partial charge in [0.15, 0.2) is 0 Å². The van der Waals surface area contributed by atoms with Gasteiger partial charge in [-0.25, -0.2) is 4.99 Å². The summed E-state index contributed by atoms with van der Waals surface area (Å²) in [6.45, 7) is -0.197. The Balaban J connectivity index is 1.78. The number of alkyl halides is 3. The Bertz CT molecular complexity index is 1220. The Labute approximate surface area is 192 Å². The lowest BCUT2D eigenvalue weighted by Crippen LogP contribution is -2.63. The molecular weight excluding hydrogens is 449 g/mol. The zero-order valence-electron chi connectivity index (χ0n) is 17.9. The maximum atomic E-state index is 14.4. The topological polar surface area (TPSA) is 83.9 Å². The molecule has 7 nitrogen and oxygen atoms in total. The van der Waals surface area contributed by atoms with E-state index in [4.69, 9.17) is 4.74 Å². The van der Waals surface area contributed by atoms with E-state index < -0.39 is 23.7 Å². The molecule has 0 saturated heterocycles. The van der Waals surface area contributed by atoms with Crippen molar-refractivity contribution in [3.8, 4) is 5.75 Å². The van der Waals surface area contributed by atoms with Gasteiger partial charge in [0.05, 0.1) is 19.2 Å². The summed E-state index contributed by atoms with van der Waals surface area (Å²) in [7, 11) is 1.49. The van der Waals surface area contributed by atoms with Gasteiger partial charge in [-0.2, -0.15) is 13.2 Å². The number of amidine groups is 1. The zero-order valence-corrected chi connectivity index (χ0v) is 17.9. The van der Waals surface area contributed by atoms with Crippen molar-refractivity contribution < 1.29 is 27.5 Å². The number of rotatable bonds is 6. The molecule has 0 radical (unpaired) electrons. The van der Waals surface area contributed by atoms with Crippen LogP contribution in [-0.4, -0.2) is 46.5 Å². The van der Waals surface area contributed by atoms with Gasteiger partial charge in [0.2, 0.25) is 0 Å². The number of hydrogen-bond acceptors (Lipinski definition) is 5. The van der Waals surface area contributed by atoms with Gasteiger partial charge in [0.1, 0.15) is 11.6 Å². The molecule has 2 amide bonds. The predicted octanol–water partition coefficient (Wildman–Crippen LogP) is 3.57.